The van der Waals surface area contributed by atoms with Crippen molar-refractivity contribution in [2.75, 3.05) is 20.2 Å². The number of amides is 2. The maximum absolute atomic E-state index is 12.0. The Balaban J connectivity index is 1.82. The lowest BCUT2D eigenvalue weighted by Gasteiger charge is -2.06. The van der Waals surface area contributed by atoms with Crippen LogP contribution in [0.1, 0.15) is 27.9 Å². The number of nitrogens with two attached hydrogens (primary N) is 1. The molecule has 6 heteroatoms. The number of hydrogen-bond acceptors (Lipinski definition) is 4. The van der Waals surface area contributed by atoms with Crippen LogP contribution in [0.2, 0.25) is 0 Å². The Morgan fingerprint density at radius 2 is 1.89 bits per heavy atom. The van der Waals surface area contributed by atoms with Gasteiger partial charge in [-0.2, -0.15) is 0 Å². The molecular weight excluding hydrogens is 342 g/mol. The maximum Gasteiger partial charge on any atom is 0.251 e. The van der Waals surface area contributed by atoms with E-state index >= 15 is 0 Å². The van der Waals surface area contributed by atoms with Gasteiger partial charge in [0.15, 0.2) is 0 Å². The molecule has 0 aliphatic heterocycles. The molecule has 4 N–H and O–H groups in total. The van der Waals surface area contributed by atoms with Gasteiger partial charge in [0.1, 0.15) is 5.75 Å². The molecule has 0 saturated carbocycles. The second-order valence-electron chi connectivity index (χ2n) is 5.92. The molecule has 0 spiro atoms. The minimum Gasteiger partial charge on any atom is -0.497 e. The van der Waals surface area contributed by atoms with Gasteiger partial charge in [-0.05, 0) is 54.4 Å². The number of carbonyl (C=O) groups is 2. The molecule has 6 nitrogen and oxygen atoms in total. The van der Waals surface area contributed by atoms with Gasteiger partial charge in [-0.15, -0.1) is 0 Å². The third kappa shape index (κ3) is 6.95. The lowest BCUT2D eigenvalue weighted by atomic mass is 10.1. The highest BCUT2D eigenvalue weighted by molar-refractivity contribution is 5.94. The Labute approximate surface area is 159 Å². The summed E-state index contributed by atoms with van der Waals surface area (Å²) in [6.45, 7) is 1.49. The SMILES string of the molecule is COc1cccc(/C=C/C(=O)NCc2ccc(C(=O)NCCCN)cc2)c1. The van der Waals surface area contributed by atoms with Crippen molar-refractivity contribution in [3.63, 3.8) is 0 Å². The molecule has 0 aromatic heterocycles. The van der Waals surface area contributed by atoms with E-state index in [4.69, 9.17) is 10.5 Å². The number of ether oxygens (including phenoxy) is 1. The highest BCUT2D eigenvalue weighted by Gasteiger charge is 2.04. The van der Waals surface area contributed by atoms with Gasteiger partial charge in [-0.1, -0.05) is 24.3 Å². The van der Waals surface area contributed by atoms with Gasteiger partial charge in [0, 0.05) is 24.7 Å². The quantitative estimate of drug-likeness (QED) is 0.467. The fourth-order valence-electron chi connectivity index (χ4n) is 2.35. The summed E-state index contributed by atoms with van der Waals surface area (Å²) in [5, 5.41) is 5.62. The second-order valence-corrected chi connectivity index (χ2v) is 5.92. The Hall–Kier alpha value is -3.12. The third-order valence-corrected chi connectivity index (χ3v) is 3.87. The lowest BCUT2D eigenvalue weighted by Crippen LogP contribution is -2.26. The lowest BCUT2D eigenvalue weighted by molar-refractivity contribution is -0.116. The predicted octanol–water partition coefficient (Wildman–Crippen LogP) is 2.10. The molecule has 27 heavy (non-hydrogen) atoms. The number of hydrogen-bond donors (Lipinski definition) is 3. The molecule has 0 saturated heterocycles. The van der Waals surface area contributed by atoms with E-state index in [1.165, 1.54) is 6.08 Å². The predicted molar refractivity (Wildman–Crippen MR) is 106 cm³/mol. The molecule has 0 atom stereocenters. The summed E-state index contributed by atoms with van der Waals surface area (Å²) in [6, 6.07) is 14.6. The summed E-state index contributed by atoms with van der Waals surface area (Å²) < 4.78 is 5.15. The van der Waals surface area contributed by atoms with E-state index in [2.05, 4.69) is 10.6 Å². The number of nitrogens with one attached hydrogen (secondary N) is 2. The minimum absolute atomic E-state index is 0.125. The zero-order chi connectivity index (χ0) is 19.5. The fourth-order valence-corrected chi connectivity index (χ4v) is 2.35. The monoisotopic (exact) mass is 367 g/mol. The van der Waals surface area contributed by atoms with Crippen LogP contribution in [0.15, 0.2) is 54.6 Å². The normalized spacial score (nSPS) is 10.6. The summed E-state index contributed by atoms with van der Waals surface area (Å²) in [6.07, 6.45) is 3.96. The molecule has 0 radical (unpaired) electrons. The van der Waals surface area contributed by atoms with Crippen LogP contribution >= 0.6 is 0 Å². The van der Waals surface area contributed by atoms with Gasteiger partial charge in [0.25, 0.3) is 5.91 Å². The standard InChI is InChI=1S/C21H25N3O3/c1-27-19-5-2-4-16(14-19)8-11-20(25)24-15-17-6-9-18(10-7-17)21(26)23-13-3-12-22/h2,4-11,14H,3,12-13,15,22H2,1H3,(H,23,26)(H,24,25)/b11-8+. The Kier molecular flexibility index (Phi) is 8.06. The highest BCUT2D eigenvalue weighted by atomic mass is 16.5. The average Bonchev–Trinajstić information content (AvgIpc) is 2.71. The summed E-state index contributed by atoms with van der Waals surface area (Å²) in [5.74, 6) is 0.423. The molecule has 142 valence electrons. The molecule has 0 aliphatic rings. The summed E-state index contributed by atoms with van der Waals surface area (Å²) in [7, 11) is 1.60. The fraction of sp³-hybridized carbons (Fsp3) is 0.238. The molecule has 2 amide bonds. The van der Waals surface area contributed by atoms with Crippen LogP contribution in [0, 0.1) is 0 Å². The largest absolute Gasteiger partial charge is 0.497 e. The molecule has 2 rings (SSSR count). The molecule has 2 aromatic rings. The molecule has 0 unspecified atom stereocenters. The van der Waals surface area contributed by atoms with Gasteiger partial charge >= 0.3 is 0 Å². The van der Waals surface area contributed by atoms with Gasteiger partial charge in [-0.25, -0.2) is 0 Å². The van der Waals surface area contributed by atoms with Crippen LogP contribution in [0.4, 0.5) is 0 Å². The zero-order valence-electron chi connectivity index (χ0n) is 15.4. The Bertz CT molecular complexity index is 786. The van der Waals surface area contributed by atoms with Crippen LogP contribution in [-0.4, -0.2) is 32.0 Å². The van der Waals surface area contributed by atoms with Crippen LogP contribution in [0.3, 0.4) is 0 Å². The van der Waals surface area contributed by atoms with E-state index in [-0.39, 0.29) is 11.8 Å². The molecular formula is C21H25N3O3. The number of rotatable bonds is 9. The molecule has 0 aliphatic carbocycles. The summed E-state index contributed by atoms with van der Waals surface area (Å²) >= 11 is 0. The van der Waals surface area contributed by atoms with E-state index in [9.17, 15) is 9.59 Å². The highest BCUT2D eigenvalue weighted by Crippen LogP contribution is 2.13. The topological polar surface area (TPSA) is 93.4 Å². The minimum atomic E-state index is -0.193. The van der Waals surface area contributed by atoms with E-state index < -0.39 is 0 Å². The van der Waals surface area contributed by atoms with Crippen molar-refractivity contribution in [1.29, 1.82) is 0 Å². The Morgan fingerprint density at radius 1 is 1.11 bits per heavy atom. The molecule has 2 aromatic carbocycles. The summed E-state index contributed by atoms with van der Waals surface area (Å²) in [4.78, 5) is 23.9. The van der Waals surface area contributed by atoms with Crippen LogP contribution in [-0.2, 0) is 11.3 Å². The zero-order valence-corrected chi connectivity index (χ0v) is 15.4. The van der Waals surface area contributed by atoms with Gasteiger partial charge in [-0.3, -0.25) is 9.59 Å². The van der Waals surface area contributed by atoms with Crippen LogP contribution in [0.25, 0.3) is 6.08 Å². The van der Waals surface area contributed by atoms with Crippen molar-refractivity contribution in [1.82, 2.24) is 10.6 Å². The first-order chi connectivity index (χ1) is 13.1. The van der Waals surface area contributed by atoms with Crippen molar-refractivity contribution in [2.24, 2.45) is 5.73 Å². The number of benzene rings is 2. The first-order valence-electron chi connectivity index (χ1n) is 8.79. The average molecular weight is 367 g/mol. The van der Waals surface area contributed by atoms with E-state index in [0.29, 0.717) is 25.2 Å². The van der Waals surface area contributed by atoms with E-state index in [0.717, 1.165) is 23.3 Å². The number of methoxy groups -OCH3 is 1. The molecule has 0 fully saturated rings. The van der Waals surface area contributed by atoms with Crippen LogP contribution < -0.4 is 21.1 Å². The molecule has 0 heterocycles. The van der Waals surface area contributed by atoms with Crippen LogP contribution in [0.5, 0.6) is 5.75 Å². The first kappa shape index (κ1) is 20.2. The maximum atomic E-state index is 12.0. The summed E-state index contributed by atoms with van der Waals surface area (Å²) in [5.41, 5.74) is 7.78. The van der Waals surface area contributed by atoms with Crippen molar-refractivity contribution in [2.45, 2.75) is 13.0 Å². The third-order valence-electron chi connectivity index (χ3n) is 3.87. The van der Waals surface area contributed by atoms with Gasteiger partial charge in [0.2, 0.25) is 5.91 Å². The van der Waals surface area contributed by atoms with E-state index in [1.54, 1.807) is 25.3 Å². The van der Waals surface area contributed by atoms with Crippen molar-refractivity contribution in [3.8, 4) is 5.75 Å². The first-order valence-corrected chi connectivity index (χ1v) is 8.79. The van der Waals surface area contributed by atoms with E-state index in [1.807, 2.05) is 36.4 Å². The second kappa shape index (κ2) is 10.8. The Morgan fingerprint density at radius 3 is 2.59 bits per heavy atom. The van der Waals surface area contributed by atoms with Crippen molar-refractivity contribution >= 4 is 17.9 Å². The van der Waals surface area contributed by atoms with Gasteiger partial charge < -0.3 is 21.1 Å². The molecule has 0 bridgehead atoms. The smallest absolute Gasteiger partial charge is 0.251 e. The van der Waals surface area contributed by atoms with Crippen molar-refractivity contribution in [3.05, 3.63) is 71.3 Å². The van der Waals surface area contributed by atoms with Gasteiger partial charge in [0.05, 0.1) is 7.11 Å². The number of carbonyl (C=O) groups excluding carboxylic acids is 2. The van der Waals surface area contributed by atoms with Crippen molar-refractivity contribution < 1.29 is 14.3 Å².